The van der Waals surface area contributed by atoms with Gasteiger partial charge in [0.25, 0.3) is 0 Å². The van der Waals surface area contributed by atoms with E-state index in [2.05, 4.69) is 45.9 Å². The van der Waals surface area contributed by atoms with Crippen molar-refractivity contribution in [1.82, 2.24) is 25.1 Å². The molecule has 3 aromatic heterocycles. The average Bonchev–Trinajstić information content (AvgIpc) is 3.47. The summed E-state index contributed by atoms with van der Waals surface area (Å²) in [6.45, 7) is 10.3. The highest BCUT2D eigenvalue weighted by molar-refractivity contribution is 5.88. The molecule has 5 rings (SSSR count). The van der Waals surface area contributed by atoms with E-state index in [0.29, 0.717) is 11.6 Å². The van der Waals surface area contributed by atoms with E-state index >= 15 is 0 Å². The fourth-order valence-electron chi connectivity index (χ4n) is 4.54. The molecule has 0 aliphatic heterocycles. The highest BCUT2D eigenvalue weighted by atomic mass is 16.5. The second-order valence-corrected chi connectivity index (χ2v) is 10.6. The largest absolute Gasteiger partial charge is 0.484 e. The minimum Gasteiger partial charge on any atom is -0.484 e. The quantitative estimate of drug-likeness (QED) is 0.361. The molecule has 9 nitrogen and oxygen atoms in total. The molecule has 4 aromatic rings. The van der Waals surface area contributed by atoms with E-state index in [9.17, 15) is 4.79 Å². The number of nitrogens with zero attached hydrogens (tertiary/aromatic N) is 4. The van der Waals surface area contributed by atoms with Crippen molar-refractivity contribution in [3.05, 3.63) is 71.4 Å². The molecule has 0 radical (unpaired) electrons. The molecule has 0 bridgehead atoms. The van der Waals surface area contributed by atoms with Crippen LogP contribution in [0, 0.1) is 0 Å². The number of hydrogen-bond donors (Lipinski definition) is 2. The molecule has 2 atom stereocenters. The third-order valence-electron chi connectivity index (χ3n) is 6.43. The third-order valence-corrected chi connectivity index (χ3v) is 6.43. The second kappa shape index (κ2) is 9.29. The van der Waals surface area contributed by atoms with Gasteiger partial charge in [-0.15, -0.1) is 10.2 Å². The number of carbonyl (C=O) groups is 1. The Balaban J connectivity index is 1.30. The number of nitrogens with one attached hydrogen (secondary N) is 2. The number of pyridine rings is 1. The van der Waals surface area contributed by atoms with Crippen LogP contribution in [0.25, 0.3) is 5.65 Å². The van der Waals surface area contributed by atoms with Crippen LogP contribution >= 0.6 is 0 Å². The molecule has 36 heavy (non-hydrogen) atoms. The van der Waals surface area contributed by atoms with Crippen molar-refractivity contribution < 1.29 is 14.1 Å². The van der Waals surface area contributed by atoms with E-state index in [-0.39, 0.29) is 29.5 Å². The molecule has 1 aromatic carbocycles. The maximum Gasteiger partial charge on any atom is 0.320 e. The molecule has 2 N–H and O–H groups in total. The van der Waals surface area contributed by atoms with E-state index in [1.54, 1.807) is 6.07 Å². The Labute approximate surface area is 210 Å². The predicted molar refractivity (Wildman–Crippen MR) is 136 cm³/mol. The first-order chi connectivity index (χ1) is 17.2. The van der Waals surface area contributed by atoms with Crippen molar-refractivity contribution in [2.75, 3.05) is 5.32 Å². The normalized spacial score (nSPS) is 17.7. The van der Waals surface area contributed by atoms with Crippen LogP contribution in [0.2, 0.25) is 0 Å². The van der Waals surface area contributed by atoms with Crippen molar-refractivity contribution in [3.63, 3.8) is 0 Å². The van der Waals surface area contributed by atoms with Crippen LogP contribution in [0.3, 0.4) is 0 Å². The Hall–Kier alpha value is -3.88. The van der Waals surface area contributed by atoms with Crippen LogP contribution < -0.4 is 15.4 Å². The summed E-state index contributed by atoms with van der Waals surface area (Å²) in [5, 5.41) is 18.4. The zero-order chi connectivity index (χ0) is 25.4. The molecule has 2 amide bonds. The number of fused-ring (bicyclic) bond motifs is 2. The Kier molecular flexibility index (Phi) is 6.15. The smallest absolute Gasteiger partial charge is 0.320 e. The maximum absolute atomic E-state index is 12.8. The number of aromatic nitrogens is 4. The van der Waals surface area contributed by atoms with Gasteiger partial charge in [-0.2, -0.15) is 0 Å². The van der Waals surface area contributed by atoms with Gasteiger partial charge < -0.3 is 14.6 Å². The van der Waals surface area contributed by atoms with Crippen molar-refractivity contribution in [3.8, 4) is 5.75 Å². The van der Waals surface area contributed by atoms with Crippen LogP contribution in [-0.4, -0.2) is 25.8 Å². The van der Waals surface area contributed by atoms with Crippen molar-refractivity contribution in [2.24, 2.45) is 0 Å². The molecule has 1 aliphatic rings. The van der Waals surface area contributed by atoms with Crippen LogP contribution in [0.4, 0.5) is 10.6 Å². The predicted octanol–water partition coefficient (Wildman–Crippen LogP) is 5.91. The Morgan fingerprint density at radius 1 is 1.11 bits per heavy atom. The number of hydrogen-bond acceptors (Lipinski definition) is 6. The summed E-state index contributed by atoms with van der Waals surface area (Å²) in [7, 11) is 0. The number of rotatable bonds is 5. The average molecular weight is 489 g/mol. The van der Waals surface area contributed by atoms with Gasteiger partial charge in [-0.3, -0.25) is 9.72 Å². The van der Waals surface area contributed by atoms with Crippen molar-refractivity contribution >= 4 is 17.5 Å². The Morgan fingerprint density at radius 2 is 1.89 bits per heavy atom. The van der Waals surface area contributed by atoms with Crippen molar-refractivity contribution in [1.29, 1.82) is 0 Å². The maximum atomic E-state index is 12.8. The summed E-state index contributed by atoms with van der Waals surface area (Å²) >= 11 is 0. The number of anilines is 1. The number of urea groups is 1. The number of benzene rings is 1. The number of amides is 2. The van der Waals surface area contributed by atoms with Gasteiger partial charge in [0, 0.05) is 17.4 Å². The summed E-state index contributed by atoms with van der Waals surface area (Å²) in [5.41, 5.74) is 2.73. The molecule has 3 heterocycles. The first-order valence-electron chi connectivity index (χ1n) is 12.3. The molecule has 0 fully saturated rings. The van der Waals surface area contributed by atoms with Gasteiger partial charge in [0.1, 0.15) is 23.4 Å². The van der Waals surface area contributed by atoms with E-state index in [1.165, 1.54) is 0 Å². The topological polar surface area (TPSA) is 107 Å². The van der Waals surface area contributed by atoms with Gasteiger partial charge in [0.05, 0.1) is 12.2 Å². The summed E-state index contributed by atoms with van der Waals surface area (Å²) in [4.78, 5) is 12.8. The van der Waals surface area contributed by atoms with Crippen LogP contribution in [-0.2, 0) is 5.41 Å². The van der Waals surface area contributed by atoms with Crippen LogP contribution in [0.1, 0.15) is 88.2 Å². The van der Waals surface area contributed by atoms with Crippen LogP contribution in [0.5, 0.6) is 5.75 Å². The molecule has 188 valence electrons. The lowest BCUT2D eigenvalue weighted by molar-refractivity contribution is 0.171. The molecule has 0 saturated carbocycles. The molecule has 0 unspecified atom stereocenters. The molecule has 0 spiro atoms. The first kappa shape index (κ1) is 23.8. The SMILES string of the molecule is CC(C)c1nnc2ccc(O[C@@H]3CC[C@H](NC(=O)Nc4cc(C(C)(C)C)on4)c4ccccc43)cn12. The van der Waals surface area contributed by atoms with E-state index < -0.39 is 0 Å². The van der Waals surface area contributed by atoms with Gasteiger partial charge in [0.15, 0.2) is 11.5 Å². The second-order valence-electron chi connectivity index (χ2n) is 10.6. The first-order valence-corrected chi connectivity index (χ1v) is 12.3. The van der Waals surface area contributed by atoms with Gasteiger partial charge >= 0.3 is 6.03 Å². The summed E-state index contributed by atoms with van der Waals surface area (Å²) < 4.78 is 13.8. The Bertz CT molecular complexity index is 1380. The Morgan fingerprint density at radius 3 is 2.61 bits per heavy atom. The monoisotopic (exact) mass is 488 g/mol. The van der Waals surface area contributed by atoms with Gasteiger partial charge in [-0.1, -0.05) is 64.0 Å². The highest BCUT2D eigenvalue weighted by Crippen LogP contribution is 2.39. The fraction of sp³-hybridized carbons (Fsp3) is 0.407. The van der Waals surface area contributed by atoms with Gasteiger partial charge in [-0.25, -0.2) is 4.79 Å². The zero-order valence-electron chi connectivity index (χ0n) is 21.3. The van der Waals surface area contributed by atoms with E-state index in [1.807, 2.05) is 61.7 Å². The summed E-state index contributed by atoms with van der Waals surface area (Å²) in [6.07, 6.45) is 3.34. The number of carbonyl (C=O) groups excluding carboxylic acids is 1. The van der Waals surface area contributed by atoms with Gasteiger partial charge in [-0.05, 0) is 36.1 Å². The van der Waals surface area contributed by atoms with Crippen LogP contribution in [0.15, 0.2) is 53.2 Å². The minimum atomic E-state index is -0.317. The lowest BCUT2D eigenvalue weighted by Gasteiger charge is -2.32. The highest BCUT2D eigenvalue weighted by Gasteiger charge is 2.30. The van der Waals surface area contributed by atoms with Gasteiger partial charge in [0.2, 0.25) is 0 Å². The summed E-state index contributed by atoms with van der Waals surface area (Å²) in [6, 6.07) is 13.3. The third kappa shape index (κ3) is 4.78. The molecule has 1 aliphatic carbocycles. The molecule has 9 heteroatoms. The van der Waals surface area contributed by atoms with E-state index in [0.717, 1.165) is 41.2 Å². The zero-order valence-corrected chi connectivity index (χ0v) is 21.3. The lowest BCUT2D eigenvalue weighted by atomic mass is 9.85. The number of ether oxygens (including phenoxy) is 1. The molecule has 0 saturated heterocycles. The van der Waals surface area contributed by atoms with E-state index in [4.69, 9.17) is 9.26 Å². The fourth-order valence-corrected chi connectivity index (χ4v) is 4.54. The minimum absolute atomic E-state index is 0.122. The molecular formula is C27H32N6O3. The van der Waals surface area contributed by atoms with Crippen molar-refractivity contribution in [2.45, 2.75) is 70.9 Å². The lowest BCUT2D eigenvalue weighted by Crippen LogP contribution is -2.35. The molecular weight excluding hydrogens is 456 g/mol. The standard InChI is InChI=1S/C27H32N6O3/c1-16(2)25-31-30-24-13-10-17(15-33(24)25)35-21-12-11-20(18-8-6-7-9-19(18)21)28-26(34)29-23-14-22(36-32-23)27(3,4)5/h6-10,13-16,20-21H,11-12H2,1-5H3,(H2,28,29,32,34)/t20-,21+/m0/s1. The summed E-state index contributed by atoms with van der Waals surface area (Å²) in [5.74, 6) is 3.02.